The summed E-state index contributed by atoms with van der Waals surface area (Å²) in [6.45, 7) is 0. The average molecular weight is 227 g/mol. The van der Waals surface area contributed by atoms with Crippen molar-refractivity contribution in [2.75, 3.05) is 12.4 Å². The van der Waals surface area contributed by atoms with Crippen LogP contribution in [0.1, 0.15) is 0 Å². The highest BCUT2D eigenvalue weighted by Crippen LogP contribution is 2.23. The lowest BCUT2D eigenvalue weighted by atomic mass is 10.1. The van der Waals surface area contributed by atoms with Crippen LogP contribution < -0.4 is 5.32 Å². The third-order valence-corrected chi connectivity index (χ3v) is 2.87. The van der Waals surface area contributed by atoms with Gasteiger partial charge in [-0.2, -0.15) is 5.10 Å². The summed E-state index contributed by atoms with van der Waals surface area (Å²) in [7, 11) is 3.84. The molecule has 3 aromatic rings. The Morgan fingerprint density at radius 3 is 2.94 bits per heavy atom. The molecule has 2 aromatic heterocycles. The maximum absolute atomic E-state index is 4.34. The quantitative estimate of drug-likeness (QED) is 0.704. The SMILES string of the molecule is CNc1cc(-c2ccc3c(c2)ncn3C)[nH]n1. The van der Waals surface area contributed by atoms with Gasteiger partial charge in [0, 0.05) is 25.7 Å². The van der Waals surface area contributed by atoms with Gasteiger partial charge in [-0.15, -0.1) is 0 Å². The summed E-state index contributed by atoms with van der Waals surface area (Å²) in [4.78, 5) is 4.34. The molecule has 0 atom stereocenters. The number of nitrogens with zero attached hydrogens (tertiary/aromatic N) is 3. The molecule has 0 spiro atoms. The van der Waals surface area contributed by atoms with Crippen molar-refractivity contribution < 1.29 is 0 Å². The number of nitrogens with one attached hydrogen (secondary N) is 2. The van der Waals surface area contributed by atoms with Gasteiger partial charge in [-0.05, 0) is 12.1 Å². The van der Waals surface area contributed by atoms with Crippen molar-refractivity contribution in [3.63, 3.8) is 0 Å². The Kier molecular flexibility index (Phi) is 2.11. The minimum absolute atomic E-state index is 0.834. The Labute approximate surface area is 98.5 Å². The van der Waals surface area contributed by atoms with Crippen LogP contribution in [-0.2, 0) is 7.05 Å². The van der Waals surface area contributed by atoms with Crippen LogP contribution in [0.2, 0.25) is 0 Å². The summed E-state index contributed by atoms with van der Waals surface area (Å²) in [6.07, 6.45) is 1.82. The number of H-pyrrole nitrogens is 1. The summed E-state index contributed by atoms with van der Waals surface area (Å²) in [5.74, 6) is 0.834. The molecule has 0 aliphatic carbocycles. The number of imidazole rings is 1. The van der Waals surface area contributed by atoms with E-state index in [1.54, 1.807) is 0 Å². The number of aryl methyl sites for hydroxylation is 1. The van der Waals surface area contributed by atoms with E-state index in [1.165, 1.54) is 0 Å². The lowest BCUT2D eigenvalue weighted by Crippen LogP contribution is -1.85. The van der Waals surface area contributed by atoms with Crippen LogP contribution in [0.5, 0.6) is 0 Å². The summed E-state index contributed by atoms with van der Waals surface area (Å²) < 4.78 is 2.01. The molecule has 0 amide bonds. The van der Waals surface area contributed by atoms with E-state index in [0.717, 1.165) is 28.1 Å². The molecule has 86 valence electrons. The normalized spacial score (nSPS) is 10.9. The highest BCUT2D eigenvalue weighted by molar-refractivity contribution is 5.81. The van der Waals surface area contributed by atoms with E-state index in [0.29, 0.717) is 0 Å². The van der Waals surface area contributed by atoms with E-state index in [9.17, 15) is 0 Å². The third kappa shape index (κ3) is 1.56. The second-order valence-corrected chi connectivity index (χ2v) is 3.98. The van der Waals surface area contributed by atoms with Gasteiger partial charge in [0.2, 0.25) is 0 Å². The molecule has 0 bridgehead atoms. The topological polar surface area (TPSA) is 58.5 Å². The number of fused-ring (bicyclic) bond motifs is 1. The maximum atomic E-state index is 4.34. The first-order chi connectivity index (χ1) is 8.28. The monoisotopic (exact) mass is 227 g/mol. The molecule has 0 aliphatic heterocycles. The van der Waals surface area contributed by atoms with E-state index in [-0.39, 0.29) is 0 Å². The summed E-state index contributed by atoms with van der Waals surface area (Å²) >= 11 is 0. The molecule has 0 unspecified atom stereocenters. The van der Waals surface area contributed by atoms with Gasteiger partial charge >= 0.3 is 0 Å². The number of hydrogen-bond donors (Lipinski definition) is 2. The molecule has 0 saturated carbocycles. The van der Waals surface area contributed by atoms with Gasteiger partial charge < -0.3 is 9.88 Å². The number of aromatic amines is 1. The van der Waals surface area contributed by atoms with Gasteiger partial charge in [-0.25, -0.2) is 4.98 Å². The van der Waals surface area contributed by atoms with Crippen LogP contribution >= 0.6 is 0 Å². The number of hydrogen-bond acceptors (Lipinski definition) is 3. The lowest BCUT2D eigenvalue weighted by molar-refractivity contribution is 0.948. The van der Waals surface area contributed by atoms with Gasteiger partial charge in [-0.3, -0.25) is 5.10 Å². The fourth-order valence-electron chi connectivity index (χ4n) is 1.90. The first kappa shape index (κ1) is 9.89. The average Bonchev–Trinajstić information content (AvgIpc) is 2.96. The van der Waals surface area contributed by atoms with Gasteiger partial charge in [0.05, 0.1) is 23.1 Å². The summed E-state index contributed by atoms with van der Waals surface area (Å²) in [5, 5.41) is 10.1. The number of anilines is 1. The van der Waals surface area contributed by atoms with Crippen molar-refractivity contribution in [2.45, 2.75) is 0 Å². The first-order valence-corrected chi connectivity index (χ1v) is 5.42. The Balaban J connectivity index is 2.11. The number of rotatable bonds is 2. The smallest absolute Gasteiger partial charge is 0.148 e. The van der Waals surface area contributed by atoms with Crippen molar-refractivity contribution in [1.82, 2.24) is 19.7 Å². The van der Waals surface area contributed by atoms with E-state index < -0.39 is 0 Å². The largest absolute Gasteiger partial charge is 0.372 e. The Morgan fingerprint density at radius 2 is 2.18 bits per heavy atom. The van der Waals surface area contributed by atoms with Crippen molar-refractivity contribution in [2.24, 2.45) is 7.05 Å². The van der Waals surface area contributed by atoms with Crippen LogP contribution in [-0.4, -0.2) is 26.8 Å². The molecule has 17 heavy (non-hydrogen) atoms. The molecule has 5 heteroatoms. The summed E-state index contributed by atoms with van der Waals surface area (Å²) in [5.41, 5.74) is 4.19. The second kappa shape index (κ2) is 3.62. The fraction of sp³-hybridized carbons (Fsp3) is 0.167. The van der Waals surface area contributed by atoms with E-state index in [1.807, 2.05) is 31.1 Å². The molecular formula is C12H13N5. The zero-order valence-electron chi connectivity index (χ0n) is 9.73. The lowest BCUT2D eigenvalue weighted by Gasteiger charge is -1.98. The number of benzene rings is 1. The molecule has 0 fully saturated rings. The van der Waals surface area contributed by atoms with Crippen molar-refractivity contribution in [1.29, 1.82) is 0 Å². The van der Waals surface area contributed by atoms with E-state index >= 15 is 0 Å². The first-order valence-electron chi connectivity index (χ1n) is 5.42. The van der Waals surface area contributed by atoms with Gasteiger partial charge in [0.1, 0.15) is 5.82 Å². The summed E-state index contributed by atoms with van der Waals surface area (Å²) in [6, 6.07) is 8.17. The van der Waals surface area contributed by atoms with Crippen LogP contribution in [0.15, 0.2) is 30.6 Å². The van der Waals surface area contributed by atoms with Crippen LogP contribution in [0.25, 0.3) is 22.3 Å². The van der Waals surface area contributed by atoms with E-state index in [4.69, 9.17) is 0 Å². The number of aromatic nitrogens is 4. The maximum Gasteiger partial charge on any atom is 0.148 e. The van der Waals surface area contributed by atoms with Gasteiger partial charge in [0.25, 0.3) is 0 Å². The second-order valence-electron chi connectivity index (χ2n) is 3.98. The fourth-order valence-corrected chi connectivity index (χ4v) is 1.90. The zero-order valence-corrected chi connectivity index (χ0v) is 9.73. The molecular weight excluding hydrogens is 214 g/mol. The zero-order chi connectivity index (χ0) is 11.8. The molecule has 1 aromatic carbocycles. The Hall–Kier alpha value is -2.30. The van der Waals surface area contributed by atoms with Crippen molar-refractivity contribution in [3.05, 3.63) is 30.6 Å². The van der Waals surface area contributed by atoms with Crippen LogP contribution in [0.3, 0.4) is 0 Å². The van der Waals surface area contributed by atoms with Crippen LogP contribution in [0, 0.1) is 0 Å². The third-order valence-electron chi connectivity index (χ3n) is 2.87. The molecule has 2 heterocycles. The molecule has 5 nitrogen and oxygen atoms in total. The molecule has 2 N–H and O–H groups in total. The molecule has 0 radical (unpaired) electrons. The van der Waals surface area contributed by atoms with E-state index in [2.05, 4.69) is 38.7 Å². The highest BCUT2D eigenvalue weighted by Gasteiger charge is 2.05. The van der Waals surface area contributed by atoms with Crippen molar-refractivity contribution >= 4 is 16.9 Å². The standard InChI is InChI=1S/C12H13N5/c1-13-12-6-9(15-16-12)8-3-4-11-10(5-8)14-7-17(11)2/h3-7H,1-2H3,(H2,13,15,16). The minimum Gasteiger partial charge on any atom is -0.372 e. The molecule has 0 aliphatic rings. The predicted molar refractivity (Wildman–Crippen MR) is 67.8 cm³/mol. The predicted octanol–water partition coefficient (Wildman–Crippen LogP) is 2.01. The minimum atomic E-state index is 0.834. The van der Waals surface area contributed by atoms with Gasteiger partial charge in [0.15, 0.2) is 0 Å². The Bertz CT molecular complexity index is 664. The Morgan fingerprint density at radius 1 is 1.29 bits per heavy atom. The highest BCUT2D eigenvalue weighted by atomic mass is 15.2. The van der Waals surface area contributed by atoms with Gasteiger partial charge in [-0.1, -0.05) is 6.07 Å². The van der Waals surface area contributed by atoms with Crippen molar-refractivity contribution in [3.8, 4) is 11.3 Å². The van der Waals surface area contributed by atoms with Crippen LogP contribution in [0.4, 0.5) is 5.82 Å². The molecule has 0 saturated heterocycles. The molecule has 3 rings (SSSR count).